The van der Waals surface area contributed by atoms with Gasteiger partial charge >= 0.3 is 12.6 Å². The number of nitrogens with zero attached hydrogens (tertiary/aromatic N) is 1. The molecule has 0 fully saturated rings. The van der Waals surface area contributed by atoms with Crippen molar-refractivity contribution >= 4 is 35.0 Å². The second-order valence-corrected chi connectivity index (χ2v) is 8.00. The number of hydrogen-bond donors (Lipinski definition) is 1. The Kier molecular flexibility index (Phi) is 8.69. The average molecular weight is 489 g/mol. The van der Waals surface area contributed by atoms with Crippen LogP contribution in [0.1, 0.15) is 21.8 Å². The van der Waals surface area contributed by atoms with Gasteiger partial charge in [-0.2, -0.15) is 8.78 Å². The predicted octanol–water partition coefficient (Wildman–Crippen LogP) is 5.00. The molecule has 0 radical (unpaired) electrons. The standard InChI is InChI=1S/C24H22F2N2O5S/c1-15-3-7-17(8-4-15)27-21(29)12-22-28-18(14-34-22)13-32-23(30)10-6-16-5-9-19(33-24(25)26)20(11-16)31-2/h3-11,14,24H,12-13H2,1-2H3,(H,27,29)/b10-6+. The van der Waals surface area contributed by atoms with E-state index in [2.05, 4.69) is 15.0 Å². The van der Waals surface area contributed by atoms with Gasteiger partial charge in [-0.05, 0) is 42.8 Å². The normalized spacial score (nSPS) is 11.0. The summed E-state index contributed by atoms with van der Waals surface area (Å²) in [5.41, 5.74) is 2.87. The molecule has 0 saturated heterocycles. The van der Waals surface area contributed by atoms with Crippen LogP contribution in [0.5, 0.6) is 11.5 Å². The number of amides is 1. The number of carbonyl (C=O) groups is 2. The first-order valence-corrected chi connectivity index (χ1v) is 11.0. The molecule has 1 amide bonds. The molecule has 1 aromatic heterocycles. The Balaban J connectivity index is 1.48. The number of aryl methyl sites for hydroxylation is 1. The Bertz CT molecular complexity index is 1160. The van der Waals surface area contributed by atoms with Crippen molar-refractivity contribution in [2.75, 3.05) is 12.4 Å². The van der Waals surface area contributed by atoms with E-state index in [0.717, 1.165) is 5.56 Å². The van der Waals surface area contributed by atoms with E-state index in [1.54, 1.807) is 5.38 Å². The highest BCUT2D eigenvalue weighted by Gasteiger charge is 2.11. The number of esters is 1. The molecule has 0 atom stereocenters. The van der Waals surface area contributed by atoms with Crippen LogP contribution in [0.25, 0.3) is 6.08 Å². The zero-order valence-electron chi connectivity index (χ0n) is 18.4. The van der Waals surface area contributed by atoms with Crippen LogP contribution in [0.4, 0.5) is 14.5 Å². The van der Waals surface area contributed by atoms with Gasteiger partial charge in [-0.25, -0.2) is 9.78 Å². The molecule has 0 unspecified atom stereocenters. The van der Waals surface area contributed by atoms with Crippen molar-refractivity contribution < 1.29 is 32.6 Å². The van der Waals surface area contributed by atoms with E-state index in [-0.39, 0.29) is 30.4 Å². The fourth-order valence-corrected chi connectivity index (χ4v) is 3.59. The third kappa shape index (κ3) is 7.66. The molecule has 0 bridgehead atoms. The van der Waals surface area contributed by atoms with Crippen molar-refractivity contribution in [1.82, 2.24) is 4.98 Å². The fourth-order valence-electron chi connectivity index (χ4n) is 2.81. The minimum atomic E-state index is -2.97. The molecule has 0 aliphatic heterocycles. The van der Waals surface area contributed by atoms with Crippen LogP contribution in [-0.4, -0.2) is 30.6 Å². The van der Waals surface area contributed by atoms with Gasteiger partial charge in [0.1, 0.15) is 11.6 Å². The molecule has 34 heavy (non-hydrogen) atoms. The molecule has 7 nitrogen and oxygen atoms in total. The van der Waals surface area contributed by atoms with Gasteiger partial charge in [0.05, 0.1) is 19.2 Å². The van der Waals surface area contributed by atoms with Crippen LogP contribution in [0.3, 0.4) is 0 Å². The molecule has 3 aromatic rings. The molecule has 2 aromatic carbocycles. The number of alkyl halides is 2. The number of halogens is 2. The molecular weight excluding hydrogens is 466 g/mol. The summed E-state index contributed by atoms with van der Waals surface area (Å²) in [6.07, 6.45) is 2.77. The number of benzene rings is 2. The molecule has 178 valence electrons. The van der Waals surface area contributed by atoms with Crippen molar-refractivity contribution in [2.24, 2.45) is 0 Å². The predicted molar refractivity (Wildman–Crippen MR) is 124 cm³/mol. The van der Waals surface area contributed by atoms with Crippen LogP contribution in [0.2, 0.25) is 0 Å². The lowest BCUT2D eigenvalue weighted by Crippen LogP contribution is -2.14. The summed E-state index contributed by atoms with van der Waals surface area (Å²) in [5.74, 6) is -0.801. The molecular formula is C24H22F2N2O5S. The number of aromatic nitrogens is 1. The number of anilines is 1. The number of hydrogen-bond acceptors (Lipinski definition) is 7. The topological polar surface area (TPSA) is 86.8 Å². The zero-order valence-corrected chi connectivity index (χ0v) is 19.2. The Morgan fingerprint density at radius 1 is 1.15 bits per heavy atom. The van der Waals surface area contributed by atoms with E-state index < -0.39 is 12.6 Å². The van der Waals surface area contributed by atoms with E-state index in [9.17, 15) is 18.4 Å². The van der Waals surface area contributed by atoms with E-state index in [1.165, 1.54) is 48.8 Å². The number of carbonyl (C=O) groups excluding carboxylic acids is 2. The third-order valence-corrected chi connectivity index (χ3v) is 5.32. The smallest absolute Gasteiger partial charge is 0.387 e. The maximum absolute atomic E-state index is 12.4. The number of thiazole rings is 1. The monoisotopic (exact) mass is 488 g/mol. The highest BCUT2D eigenvalue weighted by molar-refractivity contribution is 7.09. The average Bonchev–Trinajstić information content (AvgIpc) is 3.25. The van der Waals surface area contributed by atoms with Gasteiger partial charge in [0.25, 0.3) is 0 Å². The van der Waals surface area contributed by atoms with E-state index in [4.69, 9.17) is 9.47 Å². The van der Waals surface area contributed by atoms with Crippen molar-refractivity contribution in [3.05, 3.63) is 75.7 Å². The summed E-state index contributed by atoms with van der Waals surface area (Å²) in [4.78, 5) is 28.5. The molecule has 1 heterocycles. The molecule has 0 saturated carbocycles. The second kappa shape index (κ2) is 11.9. The molecule has 0 aliphatic rings. The first-order chi connectivity index (χ1) is 16.3. The maximum atomic E-state index is 12.4. The van der Waals surface area contributed by atoms with Gasteiger partial charge < -0.3 is 19.5 Å². The number of rotatable bonds is 10. The summed E-state index contributed by atoms with van der Waals surface area (Å²) in [6.45, 7) is -1.06. The Morgan fingerprint density at radius 2 is 1.91 bits per heavy atom. The lowest BCUT2D eigenvalue weighted by atomic mass is 10.2. The third-order valence-electron chi connectivity index (χ3n) is 4.42. The van der Waals surface area contributed by atoms with Crippen molar-refractivity contribution in [2.45, 2.75) is 26.6 Å². The van der Waals surface area contributed by atoms with Crippen molar-refractivity contribution in [1.29, 1.82) is 0 Å². The molecule has 0 aliphatic carbocycles. The Labute approximate surface area is 199 Å². The minimum absolute atomic E-state index is 0.0518. The summed E-state index contributed by atoms with van der Waals surface area (Å²) >= 11 is 1.30. The summed E-state index contributed by atoms with van der Waals surface area (Å²) in [5, 5.41) is 5.13. The molecule has 3 rings (SSSR count). The first-order valence-electron chi connectivity index (χ1n) is 10.1. The van der Waals surface area contributed by atoms with E-state index in [0.29, 0.717) is 22.0 Å². The van der Waals surface area contributed by atoms with Gasteiger partial charge in [0.15, 0.2) is 11.5 Å². The van der Waals surface area contributed by atoms with Gasteiger partial charge in [0, 0.05) is 17.1 Å². The van der Waals surface area contributed by atoms with Gasteiger partial charge in [-0.15, -0.1) is 11.3 Å². The number of ether oxygens (including phenoxy) is 3. The molecule has 1 N–H and O–H groups in total. The Morgan fingerprint density at radius 3 is 2.62 bits per heavy atom. The highest BCUT2D eigenvalue weighted by atomic mass is 32.1. The quantitative estimate of drug-likeness (QED) is 0.319. The second-order valence-electron chi connectivity index (χ2n) is 7.05. The summed E-state index contributed by atoms with van der Waals surface area (Å²) in [7, 11) is 1.32. The van der Waals surface area contributed by atoms with Gasteiger partial charge in [-0.3, -0.25) is 4.79 Å². The lowest BCUT2D eigenvalue weighted by molar-refractivity contribution is -0.139. The molecule has 10 heteroatoms. The van der Waals surface area contributed by atoms with E-state index >= 15 is 0 Å². The van der Waals surface area contributed by atoms with E-state index in [1.807, 2.05) is 31.2 Å². The van der Waals surface area contributed by atoms with Crippen LogP contribution in [0.15, 0.2) is 53.9 Å². The Hall–Kier alpha value is -3.79. The minimum Gasteiger partial charge on any atom is -0.493 e. The summed E-state index contributed by atoms with van der Waals surface area (Å²) < 4.78 is 39.4. The largest absolute Gasteiger partial charge is 0.493 e. The SMILES string of the molecule is COc1cc(/C=C/C(=O)OCc2csc(CC(=O)Nc3ccc(C)cc3)n2)ccc1OC(F)F. The van der Waals surface area contributed by atoms with Crippen LogP contribution < -0.4 is 14.8 Å². The van der Waals surface area contributed by atoms with Gasteiger partial charge in [0.2, 0.25) is 5.91 Å². The van der Waals surface area contributed by atoms with Crippen LogP contribution in [0, 0.1) is 6.92 Å². The maximum Gasteiger partial charge on any atom is 0.387 e. The lowest BCUT2D eigenvalue weighted by Gasteiger charge is -2.10. The van der Waals surface area contributed by atoms with Crippen molar-refractivity contribution in [3.63, 3.8) is 0 Å². The van der Waals surface area contributed by atoms with Crippen LogP contribution in [-0.2, 0) is 27.4 Å². The first kappa shape index (κ1) is 24.8. The highest BCUT2D eigenvalue weighted by Crippen LogP contribution is 2.29. The van der Waals surface area contributed by atoms with Gasteiger partial charge in [-0.1, -0.05) is 23.8 Å². The summed E-state index contributed by atoms with van der Waals surface area (Å²) in [6, 6.07) is 11.8. The molecule has 0 spiro atoms. The number of methoxy groups -OCH3 is 1. The number of nitrogens with one attached hydrogen (secondary N) is 1. The fraction of sp³-hybridized carbons (Fsp3) is 0.208. The van der Waals surface area contributed by atoms with Crippen molar-refractivity contribution in [3.8, 4) is 11.5 Å². The zero-order chi connectivity index (χ0) is 24.5. The van der Waals surface area contributed by atoms with Crippen LogP contribution >= 0.6 is 11.3 Å².